The second kappa shape index (κ2) is 7.67. The highest BCUT2D eigenvalue weighted by Crippen LogP contribution is 2.49. The van der Waals surface area contributed by atoms with Crippen LogP contribution in [-0.4, -0.2) is 53.5 Å². The molecule has 2 atom stereocenters. The van der Waals surface area contributed by atoms with Gasteiger partial charge in [0, 0.05) is 43.4 Å². The number of rotatable bonds is 6. The number of hydrogen-bond donors (Lipinski definition) is 0. The molecule has 0 bridgehead atoms. The number of sulfone groups is 1. The number of amides is 1. The van der Waals surface area contributed by atoms with Gasteiger partial charge in [-0.05, 0) is 25.1 Å². The van der Waals surface area contributed by atoms with Crippen molar-refractivity contribution in [2.24, 2.45) is 5.92 Å². The van der Waals surface area contributed by atoms with Gasteiger partial charge < -0.3 is 9.64 Å². The predicted octanol–water partition coefficient (Wildman–Crippen LogP) is 3.43. The minimum absolute atomic E-state index is 0.000404. The molecular formula is C20H20F5N3O4S. The van der Waals surface area contributed by atoms with Crippen LogP contribution in [0.15, 0.2) is 29.3 Å². The number of aromatic nitrogens is 2. The molecule has 180 valence electrons. The van der Waals surface area contributed by atoms with Crippen molar-refractivity contribution in [1.29, 1.82) is 0 Å². The number of nitrogens with zero attached hydrogens (tertiary/aromatic N) is 3. The van der Waals surface area contributed by atoms with Crippen LogP contribution >= 0.6 is 0 Å². The first-order valence-corrected chi connectivity index (χ1v) is 11.8. The smallest absolute Gasteiger partial charge is 0.425 e. The van der Waals surface area contributed by atoms with Crippen LogP contribution in [0.1, 0.15) is 35.0 Å². The summed E-state index contributed by atoms with van der Waals surface area (Å²) in [6.45, 7) is 0.875. The lowest BCUT2D eigenvalue weighted by Gasteiger charge is -2.22. The van der Waals surface area contributed by atoms with Crippen LogP contribution in [0.5, 0.6) is 5.75 Å². The van der Waals surface area contributed by atoms with Crippen molar-refractivity contribution in [3.63, 3.8) is 0 Å². The maximum absolute atomic E-state index is 13.1. The summed E-state index contributed by atoms with van der Waals surface area (Å²) in [7, 11) is -3.75. The average molecular weight is 493 g/mol. The second-order valence-electron chi connectivity index (χ2n) is 8.38. The fourth-order valence-corrected chi connectivity index (χ4v) is 4.23. The van der Waals surface area contributed by atoms with Gasteiger partial charge in [0.2, 0.25) is 0 Å². The summed E-state index contributed by atoms with van der Waals surface area (Å²) < 4.78 is 95.4. The average Bonchev–Trinajstić information content (AvgIpc) is 2.99. The quantitative estimate of drug-likeness (QED) is 0.576. The molecule has 1 aromatic heterocycles. The van der Waals surface area contributed by atoms with Crippen LogP contribution in [0.4, 0.5) is 22.0 Å². The number of benzene rings is 1. The molecule has 1 amide bonds. The van der Waals surface area contributed by atoms with E-state index in [1.54, 1.807) is 6.20 Å². The van der Waals surface area contributed by atoms with Gasteiger partial charge in [0.15, 0.2) is 15.9 Å². The Morgan fingerprint density at radius 3 is 2.52 bits per heavy atom. The predicted molar refractivity (Wildman–Crippen MR) is 105 cm³/mol. The van der Waals surface area contributed by atoms with E-state index < -0.39 is 45.6 Å². The van der Waals surface area contributed by atoms with E-state index in [0.29, 0.717) is 11.3 Å². The standard InChI is InChI=1S/C20H20F5N3O4S/c1-11(20(23,24)25)32-17-4-3-14(33(2,30)31)5-15(17)18(29)27-7-12-8-28(26-16(12)10-27)9-13-6-19(13,21)22/h3-5,8,11,13H,6-7,9-10H2,1-2H3. The summed E-state index contributed by atoms with van der Waals surface area (Å²) >= 11 is 0. The Balaban J connectivity index is 1.56. The third kappa shape index (κ3) is 4.82. The van der Waals surface area contributed by atoms with Crippen molar-refractivity contribution in [2.45, 2.75) is 56.1 Å². The maximum Gasteiger partial charge on any atom is 0.425 e. The molecule has 2 aromatic rings. The van der Waals surface area contributed by atoms with E-state index in [4.69, 9.17) is 4.74 Å². The lowest BCUT2D eigenvalue weighted by atomic mass is 10.1. The first-order valence-electron chi connectivity index (χ1n) is 9.95. The summed E-state index contributed by atoms with van der Waals surface area (Å²) in [4.78, 5) is 14.2. The van der Waals surface area contributed by atoms with Gasteiger partial charge in [0.25, 0.3) is 11.8 Å². The molecule has 1 aliphatic heterocycles. The monoisotopic (exact) mass is 493 g/mol. The van der Waals surface area contributed by atoms with Crippen LogP contribution < -0.4 is 4.74 Å². The molecule has 0 spiro atoms. The van der Waals surface area contributed by atoms with Crippen molar-refractivity contribution < 1.29 is 39.9 Å². The van der Waals surface area contributed by atoms with E-state index in [9.17, 15) is 35.2 Å². The fraction of sp³-hybridized carbons (Fsp3) is 0.500. The molecular weight excluding hydrogens is 473 g/mol. The van der Waals surface area contributed by atoms with Gasteiger partial charge >= 0.3 is 6.18 Å². The Labute approximate surface area is 186 Å². The van der Waals surface area contributed by atoms with Gasteiger partial charge in [0.1, 0.15) is 5.75 Å². The van der Waals surface area contributed by atoms with Crippen molar-refractivity contribution in [3.8, 4) is 5.75 Å². The Kier molecular flexibility index (Phi) is 5.45. The third-order valence-electron chi connectivity index (χ3n) is 5.65. The number of carbonyl (C=O) groups excluding carboxylic acids is 1. The van der Waals surface area contributed by atoms with E-state index in [2.05, 4.69) is 5.10 Å². The molecule has 1 aromatic carbocycles. The molecule has 0 radical (unpaired) electrons. The molecule has 33 heavy (non-hydrogen) atoms. The van der Waals surface area contributed by atoms with E-state index in [1.165, 1.54) is 9.58 Å². The van der Waals surface area contributed by atoms with E-state index >= 15 is 0 Å². The maximum atomic E-state index is 13.1. The topological polar surface area (TPSA) is 81.5 Å². The summed E-state index contributed by atoms with van der Waals surface area (Å²) in [5, 5.41) is 4.24. The van der Waals surface area contributed by atoms with Crippen LogP contribution in [0.2, 0.25) is 0 Å². The van der Waals surface area contributed by atoms with Gasteiger partial charge in [-0.3, -0.25) is 9.48 Å². The Morgan fingerprint density at radius 2 is 1.97 bits per heavy atom. The van der Waals surface area contributed by atoms with E-state index in [1.807, 2.05) is 0 Å². The second-order valence-corrected chi connectivity index (χ2v) is 10.4. The summed E-state index contributed by atoms with van der Waals surface area (Å²) in [6.07, 6.45) is -4.65. The Morgan fingerprint density at radius 1 is 1.30 bits per heavy atom. The third-order valence-corrected chi connectivity index (χ3v) is 6.76. The van der Waals surface area contributed by atoms with Crippen molar-refractivity contribution in [2.75, 3.05) is 6.26 Å². The van der Waals surface area contributed by atoms with Gasteiger partial charge in [0.05, 0.1) is 22.7 Å². The van der Waals surface area contributed by atoms with E-state index in [-0.39, 0.29) is 36.5 Å². The molecule has 2 aliphatic rings. The highest BCUT2D eigenvalue weighted by molar-refractivity contribution is 7.90. The summed E-state index contributed by atoms with van der Waals surface area (Å²) in [5.41, 5.74) is 0.778. The molecule has 1 saturated carbocycles. The number of hydrogen-bond acceptors (Lipinski definition) is 5. The highest BCUT2D eigenvalue weighted by atomic mass is 32.2. The minimum atomic E-state index is -4.69. The van der Waals surface area contributed by atoms with E-state index in [0.717, 1.165) is 31.4 Å². The molecule has 0 N–H and O–H groups in total. The molecule has 1 fully saturated rings. The zero-order valence-corrected chi connectivity index (χ0v) is 18.4. The van der Waals surface area contributed by atoms with Crippen LogP contribution in [0.25, 0.3) is 0 Å². The molecule has 4 rings (SSSR count). The highest BCUT2D eigenvalue weighted by Gasteiger charge is 2.56. The summed E-state index contributed by atoms with van der Waals surface area (Å²) in [6, 6.07) is 3.08. The SMILES string of the molecule is CC(Oc1ccc(S(C)(=O)=O)cc1C(=O)N1Cc2cn(CC3CC3(F)F)nc2C1)C(F)(F)F. The molecule has 0 saturated heterocycles. The lowest BCUT2D eigenvalue weighted by Crippen LogP contribution is -2.33. The molecule has 7 nitrogen and oxygen atoms in total. The molecule has 2 heterocycles. The van der Waals surface area contributed by atoms with Gasteiger partial charge in [-0.2, -0.15) is 18.3 Å². The van der Waals surface area contributed by atoms with Crippen molar-refractivity contribution in [3.05, 3.63) is 41.2 Å². The summed E-state index contributed by atoms with van der Waals surface area (Å²) in [5.74, 6) is -4.59. The zero-order chi connectivity index (χ0) is 24.3. The normalized spacial score (nSPS) is 20.5. The zero-order valence-electron chi connectivity index (χ0n) is 17.6. The van der Waals surface area contributed by atoms with Crippen LogP contribution in [-0.2, 0) is 29.5 Å². The molecule has 2 unspecified atom stereocenters. The first kappa shape index (κ1) is 23.5. The number of ether oxygens (including phenoxy) is 1. The first-order chi connectivity index (χ1) is 15.1. The lowest BCUT2D eigenvalue weighted by molar-refractivity contribution is -0.189. The minimum Gasteiger partial charge on any atom is -0.480 e. The van der Waals surface area contributed by atoms with Gasteiger partial charge in [-0.1, -0.05) is 0 Å². The largest absolute Gasteiger partial charge is 0.480 e. The van der Waals surface area contributed by atoms with Crippen molar-refractivity contribution >= 4 is 15.7 Å². The number of fused-ring (bicyclic) bond motifs is 1. The van der Waals surface area contributed by atoms with Gasteiger partial charge in [-0.25, -0.2) is 17.2 Å². The number of carbonyl (C=O) groups is 1. The van der Waals surface area contributed by atoms with Crippen molar-refractivity contribution in [1.82, 2.24) is 14.7 Å². The Hall–Kier alpha value is -2.70. The van der Waals surface area contributed by atoms with Crippen LogP contribution in [0, 0.1) is 5.92 Å². The van der Waals surface area contributed by atoms with Gasteiger partial charge in [-0.15, -0.1) is 0 Å². The number of halogens is 5. The Bertz CT molecular complexity index is 1190. The molecule has 13 heteroatoms. The fourth-order valence-electron chi connectivity index (χ4n) is 3.58. The van der Waals surface area contributed by atoms with Crippen LogP contribution in [0.3, 0.4) is 0 Å². The molecule has 1 aliphatic carbocycles. The number of alkyl halides is 5.